The molecule has 12 nitrogen and oxygen atoms in total. The van der Waals surface area contributed by atoms with Crippen molar-refractivity contribution >= 4 is 40.6 Å². The molecule has 1 N–H and O–H groups in total. The summed E-state index contributed by atoms with van der Waals surface area (Å²) in [5.74, 6) is -0.568. The van der Waals surface area contributed by atoms with Crippen LogP contribution >= 0.6 is 0 Å². The van der Waals surface area contributed by atoms with E-state index in [1.54, 1.807) is 12.1 Å². The van der Waals surface area contributed by atoms with Crippen LogP contribution < -0.4 is 5.32 Å². The van der Waals surface area contributed by atoms with Crippen molar-refractivity contribution in [3.8, 4) is 5.82 Å². The Morgan fingerprint density at radius 3 is 2.68 bits per heavy atom. The second kappa shape index (κ2) is 9.07. The summed E-state index contributed by atoms with van der Waals surface area (Å²) >= 11 is 0. The van der Waals surface area contributed by atoms with Crippen molar-refractivity contribution in [1.29, 1.82) is 0 Å². The number of nitro groups is 1. The maximum atomic E-state index is 13.1. The molecule has 3 aromatic heterocycles. The Kier molecular flexibility index (Phi) is 5.76. The van der Waals surface area contributed by atoms with Crippen molar-refractivity contribution in [1.82, 2.24) is 19.8 Å². The number of carbonyl (C=O) groups is 3. The van der Waals surface area contributed by atoms with Gasteiger partial charge in [-0.25, -0.2) is 14.6 Å². The number of nitrogens with one attached hydrogen (secondary N) is 1. The second-order valence-corrected chi connectivity index (χ2v) is 8.12. The molecule has 0 spiro atoms. The number of imide groups is 1. The van der Waals surface area contributed by atoms with Gasteiger partial charge in [-0.2, -0.15) is 0 Å². The lowest BCUT2D eigenvalue weighted by atomic mass is 10.1. The normalized spacial score (nSPS) is 14.4. The molecule has 1 saturated heterocycles. The highest BCUT2D eigenvalue weighted by atomic mass is 16.6. The van der Waals surface area contributed by atoms with Gasteiger partial charge in [-0.15, -0.1) is 0 Å². The van der Waals surface area contributed by atoms with Crippen molar-refractivity contribution in [2.45, 2.75) is 13.5 Å². The van der Waals surface area contributed by atoms with E-state index in [1.165, 1.54) is 31.5 Å². The van der Waals surface area contributed by atoms with E-state index in [0.717, 1.165) is 15.8 Å². The summed E-state index contributed by atoms with van der Waals surface area (Å²) in [6.45, 7) is 1.65. The molecule has 37 heavy (non-hydrogen) atoms. The van der Waals surface area contributed by atoms with E-state index < -0.39 is 22.8 Å². The van der Waals surface area contributed by atoms with Crippen LogP contribution in [0, 0.1) is 17.0 Å². The summed E-state index contributed by atoms with van der Waals surface area (Å²) < 4.78 is 11.8. The number of hydrogen-bond acceptors (Lipinski definition) is 8. The molecular weight excluding hydrogens is 482 g/mol. The third-order valence-corrected chi connectivity index (χ3v) is 5.95. The molecule has 0 radical (unpaired) electrons. The lowest BCUT2D eigenvalue weighted by Gasteiger charge is -2.09. The number of carbonyl (C=O) groups excluding carboxylic acids is 3. The number of amides is 3. The van der Waals surface area contributed by atoms with Gasteiger partial charge in [0.05, 0.1) is 24.1 Å². The van der Waals surface area contributed by atoms with Crippen LogP contribution in [-0.4, -0.2) is 44.4 Å². The molecule has 5 rings (SSSR count). The van der Waals surface area contributed by atoms with Crippen molar-refractivity contribution in [2.24, 2.45) is 0 Å². The summed E-state index contributed by atoms with van der Waals surface area (Å²) in [5.41, 5.74) is 2.09. The predicted molar refractivity (Wildman–Crippen MR) is 130 cm³/mol. The monoisotopic (exact) mass is 501 g/mol. The van der Waals surface area contributed by atoms with E-state index in [0.29, 0.717) is 17.1 Å². The smallest absolute Gasteiger partial charge is 0.373 e. The fourth-order valence-electron chi connectivity index (χ4n) is 4.18. The molecule has 0 atom stereocenters. The summed E-state index contributed by atoms with van der Waals surface area (Å²) in [5, 5.41) is 14.4. The van der Waals surface area contributed by atoms with Gasteiger partial charge < -0.3 is 14.5 Å². The first-order valence-corrected chi connectivity index (χ1v) is 11.0. The molecule has 1 aliphatic rings. The summed E-state index contributed by atoms with van der Waals surface area (Å²) in [7, 11) is 1.22. The number of urea groups is 1. The number of methoxy groups -OCH3 is 1. The van der Waals surface area contributed by atoms with Gasteiger partial charge in [0.2, 0.25) is 5.76 Å². The lowest BCUT2D eigenvalue weighted by Crippen LogP contribution is -2.30. The van der Waals surface area contributed by atoms with Crippen molar-refractivity contribution in [3.63, 3.8) is 0 Å². The fraction of sp³-hybridized carbons (Fsp3) is 0.120. The Morgan fingerprint density at radius 2 is 1.97 bits per heavy atom. The molecule has 0 aliphatic carbocycles. The Morgan fingerprint density at radius 1 is 1.19 bits per heavy atom. The summed E-state index contributed by atoms with van der Waals surface area (Å²) in [4.78, 5) is 53.0. The first-order chi connectivity index (χ1) is 17.8. The van der Waals surface area contributed by atoms with Gasteiger partial charge in [0, 0.05) is 22.7 Å². The molecule has 1 aromatic carbocycles. The molecule has 0 bridgehead atoms. The number of aromatic nitrogens is 2. The number of furan rings is 1. The van der Waals surface area contributed by atoms with Crippen LogP contribution in [0.3, 0.4) is 0 Å². The second-order valence-electron chi connectivity index (χ2n) is 8.12. The molecule has 0 saturated carbocycles. The van der Waals surface area contributed by atoms with Crippen LogP contribution in [0.25, 0.3) is 22.8 Å². The third-order valence-electron chi connectivity index (χ3n) is 5.95. The number of fused-ring (bicyclic) bond motifs is 1. The van der Waals surface area contributed by atoms with Crippen LogP contribution in [0.2, 0.25) is 0 Å². The van der Waals surface area contributed by atoms with E-state index in [4.69, 9.17) is 4.42 Å². The van der Waals surface area contributed by atoms with Gasteiger partial charge >= 0.3 is 12.0 Å². The molecular formula is C25H19N5O7. The van der Waals surface area contributed by atoms with Gasteiger partial charge in [-0.3, -0.25) is 24.4 Å². The lowest BCUT2D eigenvalue weighted by molar-refractivity contribution is -0.385. The number of rotatable bonds is 6. The standard InChI is InChI=1S/C25H19N5O7/c1-14-18(17-5-3-4-6-20(17)29(14)22-10-7-15(12-26-22)30(34)35)11-19-23(31)28(25(33)27-19)13-16-8-9-21(37-16)24(32)36-2/h3-12H,13H2,1-2H3,(H,27,33)/b19-11-. The van der Waals surface area contributed by atoms with Crippen LogP contribution in [0.5, 0.6) is 0 Å². The van der Waals surface area contributed by atoms with E-state index in [1.807, 2.05) is 35.8 Å². The first kappa shape index (κ1) is 23.5. The quantitative estimate of drug-likeness (QED) is 0.138. The fourth-order valence-corrected chi connectivity index (χ4v) is 4.18. The molecule has 186 valence electrons. The maximum Gasteiger partial charge on any atom is 0.373 e. The molecule has 0 unspecified atom stereocenters. The SMILES string of the molecule is COC(=O)c1ccc(CN2C(=O)N/C(=C\c3c(C)n(-c4ccc([N+](=O)[O-])cn4)c4ccccc34)C2=O)o1. The Bertz CT molecular complexity index is 1610. The van der Waals surface area contributed by atoms with E-state index in [9.17, 15) is 24.5 Å². The summed E-state index contributed by atoms with van der Waals surface area (Å²) in [6, 6.07) is 12.6. The zero-order valence-corrected chi connectivity index (χ0v) is 19.6. The largest absolute Gasteiger partial charge is 0.463 e. The molecule has 3 amide bonds. The maximum absolute atomic E-state index is 13.1. The molecule has 1 aliphatic heterocycles. The average molecular weight is 501 g/mol. The molecule has 1 fully saturated rings. The van der Waals surface area contributed by atoms with E-state index in [-0.39, 0.29) is 29.4 Å². The topological polar surface area (TPSA) is 150 Å². The molecule has 4 aromatic rings. The Hall–Kier alpha value is -5.26. The first-order valence-electron chi connectivity index (χ1n) is 11.0. The van der Waals surface area contributed by atoms with Crippen LogP contribution in [-0.2, 0) is 16.1 Å². The van der Waals surface area contributed by atoms with Crippen molar-refractivity contribution in [2.75, 3.05) is 7.11 Å². The number of benzene rings is 1. The van der Waals surface area contributed by atoms with Gasteiger partial charge in [-0.1, -0.05) is 18.2 Å². The highest BCUT2D eigenvalue weighted by molar-refractivity contribution is 6.14. The van der Waals surface area contributed by atoms with Crippen molar-refractivity contribution < 1.29 is 28.5 Å². The Labute approximate surface area is 208 Å². The number of esters is 1. The zero-order valence-electron chi connectivity index (χ0n) is 19.6. The van der Waals surface area contributed by atoms with Gasteiger partial charge in [0.15, 0.2) is 0 Å². The van der Waals surface area contributed by atoms with Gasteiger partial charge in [0.1, 0.15) is 23.5 Å². The van der Waals surface area contributed by atoms with Crippen LogP contribution in [0.15, 0.2) is 64.8 Å². The van der Waals surface area contributed by atoms with E-state index >= 15 is 0 Å². The predicted octanol–water partition coefficient (Wildman–Crippen LogP) is 3.71. The van der Waals surface area contributed by atoms with Gasteiger partial charge in [0.25, 0.3) is 11.6 Å². The number of nitrogens with zero attached hydrogens (tertiary/aromatic N) is 4. The number of ether oxygens (including phenoxy) is 1. The summed E-state index contributed by atoms with van der Waals surface area (Å²) in [6.07, 6.45) is 2.77. The number of pyridine rings is 1. The van der Waals surface area contributed by atoms with Gasteiger partial charge in [-0.05, 0) is 37.3 Å². The molecule has 4 heterocycles. The minimum atomic E-state index is -0.668. The highest BCUT2D eigenvalue weighted by Gasteiger charge is 2.35. The molecule has 12 heteroatoms. The number of hydrogen-bond donors (Lipinski definition) is 1. The zero-order chi connectivity index (χ0) is 26.3. The number of para-hydroxylation sites is 1. The van der Waals surface area contributed by atoms with Crippen molar-refractivity contribution in [3.05, 3.63) is 93.3 Å². The third kappa shape index (κ3) is 4.10. The highest BCUT2D eigenvalue weighted by Crippen LogP contribution is 2.31. The van der Waals surface area contributed by atoms with E-state index in [2.05, 4.69) is 15.0 Å². The van der Waals surface area contributed by atoms with Crippen LogP contribution in [0.1, 0.15) is 27.6 Å². The average Bonchev–Trinajstić information content (AvgIpc) is 3.55. The minimum Gasteiger partial charge on any atom is -0.463 e. The van der Waals surface area contributed by atoms with Crippen LogP contribution in [0.4, 0.5) is 10.5 Å². The Balaban J connectivity index is 1.50. The minimum absolute atomic E-state index is 0.0383.